The Hall–Kier alpha value is -6.20. The maximum absolute atomic E-state index is 12.9. The molecular formula is C53H50F6O2. The number of hydrogen-bond donors (Lipinski definition) is 0. The van der Waals surface area contributed by atoms with Crippen LogP contribution in [0.4, 0.5) is 26.3 Å². The van der Waals surface area contributed by atoms with Gasteiger partial charge in [-0.2, -0.15) is 26.3 Å². The number of benzene rings is 6. The second kappa shape index (κ2) is 20.9. The first-order chi connectivity index (χ1) is 29.2. The van der Waals surface area contributed by atoms with Crippen molar-refractivity contribution >= 4 is 0 Å². The second-order valence-corrected chi connectivity index (χ2v) is 15.2. The van der Waals surface area contributed by atoms with Gasteiger partial charge in [0.25, 0.3) is 0 Å². The SMILES string of the molecule is C#CC(C)(CCCc1cccc(Oc2ccccc2)c1)c1ccc(C(F)(F)F)cc1.C=CC(CC)(CCCc1cccc(Oc2ccccc2)c1)c1ccc(C(F)(F)F)cc1. The molecule has 61 heavy (non-hydrogen) atoms. The number of aryl methyl sites for hydroxylation is 2. The Labute approximate surface area is 355 Å². The third-order valence-electron chi connectivity index (χ3n) is 11.0. The summed E-state index contributed by atoms with van der Waals surface area (Å²) >= 11 is 0. The third-order valence-corrected chi connectivity index (χ3v) is 11.0. The van der Waals surface area contributed by atoms with E-state index in [1.807, 2.05) is 123 Å². The van der Waals surface area contributed by atoms with Crippen molar-refractivity contribution in [3.63, 3.8) is 0 Å². The van der Waals surface area contributed by atoms with Gasteiger partial charge in [0.2, 0.25) is 0 Å². The summed E-state index contributed by atoms with van der Waals surface area (Å²) in [5.74, 6) is 5.90. The maximum atomic E-state index is 12.9. The van der Waals surface area contributed by atoms with Gasteiger partial charge in [-0.1, -0.05) is 104 Å². The van der Waals surface area contributed by atoms with E-state index < -0.39 is 28.9 Å². The van der Waals surface area contributed by atoms with Crippen molar-refractivity contribution in [3.05, 3.63) is 204 Å². The third kappa shape index (κ3) is 13.1. The number of rotatable bonds is 16. The van der Waals surface area contributed by atoms with Crippen LogP contribution in [0.3, 0.4) is 0 Å². The van der Waals surface area contributed by atoms with Crippen molar-refractivity contribution in [2.75, 3.05) is 0 Å². The Morgan fingerprint density at radius 2 is 0.918 bits per heavy atom. The van der Waals surface area contributed by atoms with Crippen molar-refractivity contribution in [2.24, 2.45) is 0 Å². The molecule has 6 rings (SSSR count). The highest BCUT2D eigenvalue weighted by Gasteiger charge is 2.33. The average molecular weight is 833 g/mol. The average Bonchev–Trinajstić information content (AvgIpc) is 3.26. The van der Waals surface area contributed by atoms with E-state index in [-0.39, 0.29) is 5.41 Å². The fourth-order valence-electron chi connectivity index (χ4n) is 7.24. The van der Waals surface area contributed by atoms with E-state index in [0.29, 0.717) is 6.42 Å². The molecule has 316 valence electrons. The quantitative estimate of drug-likeness (QED) is 0.0549. The largest absolute Gasteiger partial charge is 0.457 e. The number of allylic oxidation sites excluding steroid dienone is 1. The molecule has 0 heterocycles. The van der Waals surface area contributed by atoms with Crippen LogP contribution >= 0.6 is 0 Å². The molecule has 0 amide bonds. The molecule has 0 spiro atoms. The first-order valence-electron chi connectivity index (χ1n) is 20.3. The van der Waals surface area contributed by atoms with E-state index in [9.17, 15) is 26.3 Å². The van der Waals surface area contributed by atoms with Crippen LogP contribution in [0.2, 0.25) is 0 Å². The van der Waals surface area contributed by atoms with Gasteiger partial charge in [-0.15, -0.1) is 13.0 Å². The van der Waals surface area contributed by atoms with Crippen LogP contribution in [0, 0.1) is 12.3 Å². The molecule has 0 saturated carbocycles. The summed E-state index contributed by atoms with van der Waals surface area (Å²) in [7, 11) is 0. The van der Waals surface area contributed by atoms with E-state index in [0.717, 1.165) is 108 Å². The van der Waals surface area contributed by atoms with Gasteiger partial charge in [0.1, 0.15) is 23.0 Å². The van der Waals surface area contributed by atoms with Crippen LogP contribution in [-0.2, 0) is 36.0 Å². The first-order valence-corrected chi connectivity index (χ1v) is 20.3. The van der Waals surface area contributed by atoms with Crippen molar-refractivity contribution in [3.8, 4) is 35.3 Å². The minimum Gasteiger partial charge on any atom is -0.457 e. The van der Waals surface area contributed by atoms with Gasteiger partial charge >= 0.3 is 12.4 Å². The molecule has 8 heteroatoms. The van der Waals surface area contributed by atoms with E-state index >= 15 is 0 Å². The molecule has 0 aromatic heterocycles. The van der Waals surface area contributed by atoms with E-state index in [2.05, 4.69) is 18.6 Å². The van der Waals surface area contributed by atoms with Crippen molar-refractivity contribution in [1.82, 2.24) is 0 Å². The topological polar surface area (TPSA) is 18.5 Å². The van der Waals surface area contributed by atoms with Crippen LogP contribution in [0.5, 0.6) is 23.0 Å². The molecule has 0 N–H and O–H groups in total. The van der Waals surface area contributed by atoms with Crippen LogP contribution < -0.4 is 9.47 Å². The van der Waals surface area contributed by atoms with Crippen molar-refractivity contribution in [2.45, 2.75) is 82.0 Å². The smallest absolute Gasteiger partial charge is 0.416 e. The van der Waals surface area contributed by atoms with Gasteiger partial charge in [0.05, 0.1) is 16.5 Å². The lowest BCUT2D eigenvalue weighted by Gasteiger charge is -2.30. The summed E-state index contributed by atoms with van der Waals surface area (Å²) in [4.78, 5) is 0. The number of halogens is 6. The molecule has 6 aromatic rings. The zero-order valence-corrected chi connectivity index (χ0v) is 34.4. The molecule has 0 bridgehead atoms. The summed E-state index contributed by atoms with van der Waals surface area (Å²) in [6.07, 6.45) is 4.55. The number of alkyl halides is 6. The van der Waals surface area contributed by atoms with Gasteiger partial charge in [-0.25, -0.2) is 0 Å². The molecular weight excluding hydrogens is 783 g/mol. The predicted molar refractivity (Wildman–Crippen MR) is 233 cm³/mol. The highest BCUT2D eigenvalue weighted by molar-refractivity contribution is 5.38. The Balaban J connectivity index is 0.000000231. The zero-order chi connectivity index (χ0) is 43.9. The Bertz CT molecular complexity index is 2310. The summed E-state index contributed by atoms with van der Waals surface area (Å²) in [6, 6.07) is 45.7. The molecule has 0 radical (unpaired) electrons. The number of para-hydroxylation sites is 2. The molecule has 0 aliphatic carbocycles. The lowest BCUT2D eigenvalue weighted by Crippen LogP contribution is -2.23. The molecule has 2 nitrogen and oxygen atoms in total. The maximum Gasteiger partial charge on any atom is 0.416 e. The Morgan fingerprint density at radius 1 is 0.525 bits per heavy atom. The molecule has 0 fully saturated rings. The molecule has 2 unspecified atom stereocenters. The lowest BCUT2D eigenvalue weighted by molar-refractivity contribution is -0.138. The second-order valence-electron chi connectivity index (χ2n) is 15.2. The predicted octanol–water partition coefficient (Wildman–Crippen LogP) is 15.8. The molecule has 0 aliphatic rings. The highest BCUT2D eigenvalue weighted by Crippen LogP contribution is 2.38. The van der Waals surface area contributed by atoms with Crippen LogP contribution in [-0.4, -0.2) is 0 Å². The fraction of sp³-hybridized carbons (Fsp3) is 0.245. The monoisotopic (exact) mass is 832 g/mol. The van der Waals surface area contributed by atoms with Crippen LogP contribution in [0.15, 0.2) is 170 Å². The van der Waals surface area contributed by atoms with Gasteiger partial charge in [0, 0.05) is 5.41 Å². The fourth-order valence-corrected chi connectivity index (χ4v) is 7.24. The summed E-state index contributed by atoms with van der Waals surface area (Å²) in [5.41, 5.74) is 1.62. The lowest BCUT2D eigenvalue weighted by atomic mass is 9.74. The number of terminal acetylenes is 1. The number of hydrogen-bond acceptors (Lipinski definition) is 2. The Morgan fingerprint density at radius 3 is 1.31 bits per heavy atom. The van der Waals surface area contributed by atoms with Crippen LogP contribution in [0.1, 0.15) is 79.3 Å². The minimum atomic E-state index is -4.35. The van der Waals surface area contributed by atoms with Gasteiger partial charge in [-0.3, -0.25) is 0 Å². The molecule has 0 aliphatic heterocycles. The van der Waals surface area contributed by atoms with Gasteiger partial charge in [-0.05, 0) is 147 Å². The standard InChI is InChI=1S/C27H27F3O.C26H23F3O/c1-3-26(4-2,22-15-17-23(18-16-22)27(28,29)30)19-9-11-21-10-8-14-25(20-21)31-24-12-6-5-7-13-24;1-3-25(2,21-14-16-22(17-15-21)26(27,28)29)18-8-10-20-9-7-13-24(19-20)30-23-11-5-4-6-12-23/h3,5-8,10,12-18,20H,1,4,9,11,19H2,2H3;1,4-7,9,11-17,19H,8,10,18H2,2H3. The molecule has 0 saturated heterocycles. The minimum absolute atomic E-state index is 0.345. The van der Waals surface area contributed by atoms with Gasteiger partial charge in [0.15, 0.2) is 0 Å². The molecule has 2 atom stereocenters. The van der Waals surface area contributed by atoms with E-state index in [1.54, 1.807) is 12.1 Å². The van der Waals surface area contributed by atoms with Crippen molar-refractivity contribution < 1.29 is 35.8 Å². The van der Waals surface area contributed by atoms with Gasteiger partial charge < -0.3 is 9.47 Å². The van der Waals surface area contributed by atoms with Crippen molar-refractivity contribution in [1.29, 1.82) is 0 Å². The number of ether oxygens (including phenoxy) is 2. The summed E-state index contributed by atoms with van der Waals surface area (Å²) in [6.45, 7) is 7.94. The first kappa shape index (κ1) is 45.9. The van der Waals surface area contributed by atoms with E-state index in [1.165, 1.54) is 12.1 Å². The summed E-state index contributed by atoms with van der Waals surface area (Å²) < 4.78 is 88.9. The van der Waals surface area contributed by atoms with Crippen LogP contribution in [0.25, 0.3) is 0 Å². The Kier molecular flexibility index (Phi) is 15.7. The zero-order valence-electron chi connectivity index (χ0n) is 34.4. The molecule has 6 aromatic carbocycles. The van der Waals surface area contributed by atoms with E-state index in [4.69, 9.17) is 15.9 Å². The summed E-state index contributed by atoms with van der Waals surface area (Å²) in [5, 5.41) is 0. The normalized spacial score (nSPS) is 13.4. The highest BCUT2D eigenvalue weighted by atomic mass is 19.4.